The molecule has 43 heavy (non-hydrogen) atoms. The third kappa shape index (κ3) is 4.82. The molecule has 220 valence electrons. The molecular formula is C34H35N5O4. The minimum absolute atomic E-state index is 0.409. The molecule has 8 rings (SSSR count). The molecule has 2 aromatic carbocycles. The van der Waals surface area contributed by atoms with Crippen LogP contribution in [0.15, 0.2) is 71.6 Å². The van der Waals surface area contributed by atoms with Crippen molar-refractivity contribution in [1.82, 2.24) is 19.8 Å². The fourth-order valence-electron chi connectivity index (χ4n) is 7.31. The smallest absolute Gasteiger partial charge is 0.175 e. The van der Waals surface area contributed by atoms with Gasteiger partial charge >= 0.3 is 0 Å². The van der Waals surface area contributed by atoms with Gasteiger partial charge in [0.2, 0.25) is 0 Å². The van der Waals surface area contributed by atoms with Crippen molar-refractivity contribution >= 4 is 34.0 Å². The number of carbonyl (C=O) groups is 1. The van der Waals surface area contributed by atoms with E-state index in [-0.39, 0.29) is 0 Å². The molecule has 1 saturated carbocycles. The van der Waals surface area contributed by atoms with Gasteiger partial charge < -0.3 is 23.8 Å². The maximum atomic E-state index is 11.7. The highest BCUT2D eigenvalue weighted by atomic mass is 16.5. The molecule has 0 radical (unpaired) electrons. The molecule has 0 atom stereocenters. The maximum absolute atomic E-state index is 11.7. The highest BCUT2D eigenvalue weighted by Gasteiger charge is 2.54. The zero-order valence-electron chi connectivity index (χ0n) is 24.3. The lowest BCUT2D eigenvalue weighted by Gasteiger charge is -2.62. The second-order valence-electron chi connectivity index (χ2n) is 12.4. The Morgan fingerprint density at radius 2 is 1.88 bits per heavy atom. The van der Waals surface area contributed by atoms with E-state index in [0.29, 0.717) is 28.5 Å². The van der Waals surface area contributed by atoms with Crippen molar-refractivity contribution in [1.29, 1.82) is 0 Å². The number of ether oxygens (including phenoxy) is 2. The first-order chi connectivity index (χ1) is 21.1. The topological polar surface area (TPSA) is 87.1 Å². The summed E-state index contributed by atoms with van der Waals surface area (Å²) in [6.07, 6.45) is 8.63. The van der Waals surface area contributed by atoms with E-state index in [0.717, 1.165) is 85.5 Å². The molecule has 1 aliphatic carbocycles. The Kier molecular flexibility index (Phi) is 6.38. The van der Waals surface area contributed by atoms with Gasteiger partial charge in [-0.15, -0.1) is 0 Å². The van der Waals surface area contributed by atoms with E-state index in [1.807, 2.05) is 42.6 Å². The lowest BCUT2D eigenvalue weighted by Crippen LogP contribution is -2.68. The van der Waals surface area contributed by atoms with Crippen LogP contribution in [0, 0.1) is 5.41 Å². The zero-order chi connectivity index (χ0) is 29.0. The molecule has 0 bridgehead atoms. The van der Waals surface area contributed by atoms with E-state index in [1.54, 1.807) is 19.6 Å². The molecule has 1 N–H and O–H groups in total. The number of rotatable bonds is 8. The molecule has 5 heterocycles. The number of furan rings is 1. The second-order valence-corrected chi connectivity index (χ2v) is 12.4. The van der Waals surface area contributed by atoms with Gasteiger partial charge in [-0.2, -0.15) is 0 Å². The van der Waals surface area contributed by atoms with Crippen LogP contribution in [0.1, 0.15) is 28.8 Å². The Morgan fingerprint density at radius 3 is 2.70 bits per heavy atom. The third-order valence-electron chi connectivity index (χ3n) is 9.61. The number of pyridine rings is 1. The van der Waals surface area contributed by atoms with Gasteiger partial charge in [0, 0.05) is 86.0 Å². The van der Waals surface area contributed by atoms with Crippen molar-refractivity contribution in [3.63, 3.8) is 0 Å². The number of carbonyl (C=O) groups excluding carboxylic acids is 1. The molecule has 2 saturated heterocycles. The zero-order valence-corrected chi connectivity index (χ0v) is 24.3. The minimum Gasteiger partial charge on any atom is -0.493 e. The van der Waals surface area contributed by atoms with E-state index in [4.69, 9.17) is 13.9 Å². The maximum Gasteiger partial charge on any atom is 0.175 e. The molecule has 0 amide bonds. The number of anilines is 1. The highest BCUT2D eigenvalue weighted by molar-refractivity contribution is 5.84. The fraction of sp³-hybridized carbons (Fsp3) is 0.353. The standard InChI is InChI=1S/C34H35N5O4/c1-41-31-13-23(12-24-5-11-42-32(24)31)19-37-7-9-38(10-8-37)28-16-34(17-28)21-39(22-34)27-3-2-26(20-40)30(15-27)43-29-14-25-4-6-35-33(25)36-18-29/h2-6,11-15,18,20,28H,7-10,16-17,19,21-22H2,1H3,(H,35,36). The van der Waals surface area contributed by atoms with Crippen molar-refractivity contribution in [2.75, 3.05) is 51.3 Å². The van der Waals surface area contributed by atoms with Crippen molar-refractivity contribution in [3.8, 4) is 17.2 Å². The number of fused-ring (bicyclic) bond motifs is 2. The number of hydrogen-bond donors (Lipinski definition) is 1. The van der Waals surface area contributed by atoms with E-state index in [9.17, 15) is 4.79 Å². The summed E-state index contributed by atoms with van der Waals surface area (Å²) in [7, 11) is 1.70. The molecule has 2 aliphatic heterocycles. The summed E-state index contributed by atoms with van der Waals surface area (Å²) in [6.45, 7) is 7.44. The number of nitrogens with one attached hydrogen (secondary N) is 1. The van der Waals surface area contributed by atoms with Crippen LogP contribution in [-0.2, 0) is 6.54 Å². The number of piperazine rings is 1. The normalized spacial score (nSPS) is 19.0. The van der Waals surface area contributed by atoms with Crippen LogP contribution in [0.25, 0.3) is 22.0 Å². The van der Waals surface area contributed by atoms with Gasteiger partial charge in [0.15, 0.2) is 17.6 Å². The van der Waals surface area contributed by atoms with Crippen molar-refractivity contribution in [2.45, 2.75) is 25.4 Å². The fourth-order valence-corrected chi connectivity index (χ4v) is 7.31. The molecule has 3 fully saturated rings. The number of nitrogens with zero attached hydrogens (tertiary/aromatic N) is 4. The predicted molar refractivity (Wildman–Crippen MR) is 165 cm³/mol. The van der Waals surface area contributed by atoms with Gasteiger partial charge in [0.1, 0.15) is 17.1 Å². The molecule has 0 unspecified atom stereocenters. The summed E-state index contributed by atoms with van der Waals surface area (Å²) >= 11 is 0. The van der Waals surface area contributed by atoms with Gasteiger partial charge in [-0.1, -0.05) is 0 Å². The summed E-state index contributed by atoms with van der Waals surface area (Å²) in [5.74, 6) is 1.99. The van der Waals surface area contributed by atoms with Crippen molar-refractivity contribution < 1.29 is 18.7 Å². The van der Waals surface area contributed by atoms with Crippen LogP contribution < -0.4 is 14.4 Å². The Hall–Kier alpha value is -4.34. The van der Waals surface area contributed by atoms with Crippen molar-refractivity contribution in [2.24, 2.45) is 5.41 Å². The van der Waals surface area contributed by atoms with Crippen LogP contribution in [0.5, 0.6) is 17.2 Å². The number of aromatic amines is 1. The van der Waals surface area contributed by atoms with Gasteiger partial charge in [-0.3, -0.25) is 14.6 Å². The number of H-pyrrole nitrogens is 1. The SMILES string of the molecule is COc1cc(CN2CCN(C3CC4(C3)CN(c3ccc(C=O)c(Oc5cnc6[nH]ccc6c5)c3)C4)CC2)cc2ccoc12. The van der Waals surface area contributed by atoms with Gasteiger partial charge in [0.25, 0.3) is 0 Å². The Bertz CT molecular complexity index is 1790. The lowest BCUT2D eigenvalue weighted by atomic mass is 9.60. The quantitative estimate of drug-likeness (QED) is 0.235. The first-order valence-corrected chi connectivity index (χ1v) is 15.0. The minimum atomic E-state index is 0.409. The second kappa shape index (κ2) is 10.4. The molecule has 9 nitrogen and oxygen atoms in total. The monoisotopic (exact) mass is 577 g/mol. The summed E-state index contributed by atoms with van der Waals surface area (Å²) in [5.41, 5.74) is 4.95. The summed E-state index contributed by atoms with van der Waals surface area (Å²) in [5, 5.41) is 2.07. The van der Waals surface area contributed by atoms with Gasteiger partial charge in [-0.05, 0) is 60.9 Å². The van der Waals surface area contributed by atoms with Crippen LogP contribution in [-0.4, -0.2) is 78.5 Å². The molecule has 3 aliphatic rings. The Morgan fingerprint density at radius 1 is 1.02 bits per heavy atom. The molecule has 3 aromatic heterocycles. The predicted octanol–water partition coefficient (Wildman–Crippen LogP) is 5.71. The van der Waals surface area contributed by atoms with E-state index in [2.05, 4.69) is 36.8 Å². The van der Waals surface area contributed by atoms with Crippen LogP contribution >= 0.6 is 0 Å². The van der Waals surface area contributed by atoms with E-state index >= 15 is 0 Å². The van der Waals surface area contributed by atoms with Crippen LogP contribution in [0.2, 0.25) is 0 Å². The number of hydrogen-bond acceptors (Lipinski definition) is 8. The average molecular weight is 578 g/mol. The van der Waals surface area contributed by atoms with Crippen LogP contribution in [0.4, 0.5) is 5.69 Å². The lowest BCUT2D eigenvalue weighted by molar-refractivity contribution is -0.0380. The average Bonchev–Trinajstić information content (AvgIpc) is 3.66. The molecule has 5 aromatic rings. The summed E-state index contributed by atoms with van der Waals surface area (Å²) in [4.78, 5) is 26.9. The summed E-state index contributed by atoms with van der Waals surface area (Å²) < 4.78 is 17.3. The van der Waals surface area contributed by atoms with Gasteiger partial charge in [-0.25, -0.2) is 4.98 Å². The summed E-state index contributed by atoms with van der Waals surface area (Å²) in [6, 6.07) is 16.8. The highest BCUT2D eigenvalue weighted by Crippen LogP contribution is 2.52. The van der Waals surface area contributed by atoms with Crippen LogP contribution in [0.3, 0.4) is 0 Å². The third-order valence-corrected chi connectivity index (χ3v) is 9.61. The number of methoxy groups -OCH3 is 1. The van der Waals surface area contributed by atoms with E-state index < -0.39 is 0 Å². The first kappa shape index (κ1) is 26.3. The largest absolute Gasteiger partial charge is 0.493 e. The molecule has 1 spiro atoms. The number of aldehydes is 1. The Labute approximate surface area is 250 Å². The van der Waals surface area contributed by atoms with Gasteiger partial charge in [0.05, 0.1) is 25.1 Å². The number of aromatic nitrogens is 2. The number of benzene rings is 2. The molecular weight excluding hydrogens is 542 g/mol. The van der Waals surface area contributed by atoms with Crippen molar-refractivity contribution in [3.05, 3.63) is 78.3 Å². The Balaban J connectivity index is 0.847. The van der Waals surface area contributed by atoms with E-state index in [1.165, 1.54) is 18.4 Å². The first-order valence-electron chi connectivity index (χ1n) is 15.0. The molecule has 9 heteroatoms.